The van der Waals surface area contributed by atoms with E-state index >= 15 is 0 Å². The second-order valence-electron chi connectivity index (χ2n) is 7.69. The highest BCUT2D eigenvalue weighted by atomic mass is 14.6. The van der Waals surface area contributed by atoms with Gasteiger partial charge in [-0.1, -0.05) is 97.1 Å². The van der Waals surface area contributed by atoms with Crippen LogP contribution in [0.5, 0.6) is 0 Å². The maximum atomic E-state index is 2.47. The minimum absolute atomic E-state index is 0.0606. The molecule has 0 radical (unpaired) electrons. The standard InChI is InChI=1S/C25H20/c1-5-13-21-17(9-1)18-10-2-6-14-22(18)25(21)23-15-7-3-11-19(23)20-12-4-8-16-24(20)25/h1-17,19,21,23H. The Labute approximate surface area is 148 Å². The van der Waals surface area contributed by atoms with Gasteiger partial charge in [0.2, 0.25) is 0 Å². The highest BCUT2D eigenvalue weighted by molar-refractivity contribution is 5.64. The molecule has 4 aliphatic rings. The second kappa shape index (κ2) is 4.73. The van der Waals surface area contributed by atoms with E-state index in [1.165, 1.54) is 11.1 Å². The van der Waals surface area contributed by atoms with Crippen molar-refractivity contribution >= 4 is 0 Å². The van der Waals surface area contributed by atoms with Crippen LogP contribution in [0.15, 0.2) is 97.1 Å². The Balaban J connectivity index is 1.74. The topological polar surface area (TPSA) is 0 Å². The zero-order valence-electron chi connectivity index (χ0n) is 14.0. The minimum atomic E-state index is 0.0606. The average molecular weight is 320 g/mol. The first kappa shape index (κ1) is 13.7. The number of rotatable bonds is 0. The predicted octanol–water partition coefficient (Wildman–Crippen LogP) is 5.65. The van der Waals surface area contributed by atoms with Gasteiger partial charge in [0.15, 0.2) is 0 Å². The van der Waals surface area contributed by atoms with Crippen LogP contribution in [0, 0.1) is 11.8 Å². The highest BCUT2D eigenvalue weighted by Gasteiger charge is 2.60. The molecule has 4 aliphatic carbocycles. The van der Waals surface area contributed by atoms with Crippen LogP contribution in [0.25, 0.3) is 0 Å². The van der Waals surface area contributed by atoms with Crippen molar-refractivity contribution in [1.29, 1.82) is 0 Å². The summed E-state index contributed by atoms with van der Waals surface area (Å²) in [5.41, 5.74) is 6.19. The zero-order valence-corrected chi connectivity index (χ0v) is 14.0. The first-order valence-electron chi connectivity index (χ1n) is 9.31. The van der Waals surface area contributed by atoms with Gasteiger partial charge in [0.05, 0.1) is 0 Å². The highest BCUT2D eigenvalue weighted by Crippen LogP contribution is 2.67. The van der Waals surface area contributed by atoms with Gasteiger partial charge in [-0.2, -0.15) is 0 Å². The van der Waals surface area contributed by atoms with Crippen molar-refractivity contribution in [2.45, 2.75) is 17.3 Å². The Hall–Kier alpha value is -2.60. The van der Waals surface area contributed by atoms with Gasteiger partial charge >= 0.3 is 0 Å². The van der Waals surface area contributed by atoms with E-state index in [1.807, 2.05) is 0 Å². The monoisotopic (exact) mass is 320 g/mol. The van der Waals surface area contributed by atoms with Crippen LogP contribution >= 0.6 is 0 Å². The summed E-state index contributed by atoms with van der Waals surface area (Å²) in [4.78, 5) is 0. The molecule has 0 heteroatoms. The first-order chi connectivity index (χ1) is 12.4. The normalized spacial score (nSPS) is 35.5. The number of hydrogen-bond donors (Lipinski definition) is 0. The van der Waals surface area contributed by atoms with Crippen molar-refractivity contribution in [2.75, 3.05) is 0 Å². The fourth-order valence-corrected chi connectivity index (χ4v) is 6.09. The van der Waals surface area contributed by atoms with Crippen LogP contribution in [0.2, 0.25) is 0 Å². The number of benzene rings is 2. The molecule has 0 heterocycles. The number of hydrogen-bond acceptors (Lipinski definition) is 0. The molecule has 0 N–H and O–H groups in total. The van der Waals surface area contributed by atoms with Crippen LogP contribution < -0.4 is 0 Å². The van der Waals surface area contributed by atoms with Gasteiger partial charge in [-0.05, 0) is 22.3 Å². The SMILES string of the molecule is C1=CC2c3ccccc3C3(c4ccccc4C4C=CC=CC43)C2C=C1. The van der Waals surface area contributed by atoms with E-state index in [9.17, 15) is 0 Å². The molecule has 2 aromatic carbocycles. The number of allylic oxidation sites excluding steroid dienone is 8. The molecule has 2 aromatic rings. The van der Waals surface area contributed by atoms with Gasteiger partial charge in [-0.3, -0.25) is 0 Å². The lowest BCUT2D eigenvalue weighted by Gasteiger charge is -2.40. The molecule has 0 fully saturated rings. The van der Waals surface area contributed by atoms with E-state index in [1.54, 1.807) is 11.1 Å². The number of fused-ring (bicyclic) bond motifs is 10. The van der Waals surface area contributed by atoms with Crippen molar-refractivity contribution in [3.63, 3.8) is 0 Å². The molecule has 25 heavy (non-hydrogen) atoms. The van der Waals surface area contributed by atoms with Gasteiger partial charge < -0.3 is 0 Å². The fraction of sp³-hybridized carbons (Fsp3) is 0.200. The summed E-state index contributed by atoms with van der Waals surface area (Å²) in [6.45, 7) is 0. The van der Waals surface area contributed by atoms with Gasteiger partial charge in [-0.25, -0.2) is 0 Å². The van der Waals surface area contributed by atoms with E-state index in [2.05, 4.69) is 97.1 Å². The molecule has 4 unspecified atom stereocenters. The minimum Gasteiger partial charge on any atom is -0.0793 e. The molecule has 4 atom stereocenters. The predicted molar refractivity (Wildman–Crippen MR) is 103 cm³/mol. The summed E-state index contributed by atoms with van der Waals surface area (Å²) < 4.78 is 0. The summed E-state index contributed by atoms with van der Waals surface area (Å²) >= 11 is 0. The van der Waals surface area contributed by atoms with E-state index in [4.69, 9.17) is 0 Å². The van der Waals surface area contributed by atoms with E-state index in [0.29, 0.717) is 23.7 Å². The van der Waals surface area contributed by atoms with Crippen molar-refractivity contribution in [1.82, 2.24) is 0 Å². The molecule has 0 nitrogen and oxygen atoms in total. The summed E-state index contributed by atoms with van der Waals surface area (Å²) in [5, 5.41) is 0. The molecule has 0 saturated heterocycles. The van der Waals surface area contributed by atoms with Gasteiger partial charge in [-0.15, -0.1) is 0 Å². The maximum Gasteiger partial charge on any atom is 0.0351 e. The molecule has 0 aliphatic heterocycles. The third-order valence-electron chi connectivity index (χ3n) is 6.85. The second-order valence-corrected chi connectivity index (χ2v) is 7.69. The Morgan fingerprint density at radius 2 is 0.960 bits per heavy atom. The Morgan fingerprint density at radius 1 is 0.520 bits per heavy atom. The van der Waals surface area contributed by atoms with Crippen LogP contribution in [0.1, 0.15) is 34.1 Å². The van der Waals surface area contributed by atoms with Crippen molar-refractivity contribution in [2.24, 2.45) is 11.8 Å². The van der Waals surface area contributed by atoms with E-state index in [-0.39, 0.29) is 5.41 Å². The lowest BCUT2D eigenvalue weighted by atomic mass is 9.61. The Bertz CT molecular complexity index is 903. The summed E-state index contributed by atoms with van der Waals surface area (Å²) in [7, 11) is 0. The van der Waals surface area contributed by atoms with Gasteiger partial charge in [0.25, 0.3) is 0 Å². The molecule has 6 rings (SSSR count). The van der Waals surface area contributed by atoms with Crippen LogP contribution in [-0.2, 0) is 5.41 Å². The van der Waals surface area contributed by atoms with Gasteiger partial charge in [0.1, 0.15) is 0 Å². The van der Waals surface area contributed by atoms with E-state index in [0.717, 1.165) is 0 Å². The smallest absolute Gasteiger partial charge is 0.0351 e. The van der Waals surface area contributed by atoms with Gasteiger partial charge in [0, 0.05) is 29.1 Å². The Kier molecular flexibility index (Phi) is 2.58. The summed E-state index contributed by atoms with van der Waals surface area (Å²) in [5.74, 6) is 1.99. The molecule has 1 spiro atoms. The molecule has 0 amide bonds. The largest absolute Gasteiger partial charge is 0.0793 e. The van der Waals surface area contributed by atoms with Crippen molar-refractivity contribution in [3.8, 4) is 0 Å². The molecule has 0 saturated carbocycles. The third-order valence-corrected chi connectivity index (χ3v) is 6.85. The van der Waals surface area contributed by atoms with Crippen LogP contribution in [-0.4, -0.2) is 0 Å². The summed E-state index contributed by atoms with van der Waals surface area (Å²) in [6, 6.07) is 18.3. The maximum absolute atomic E-state index is 2.47. The van der Waals surface area contributed by atoms with E-state index < -0.39 is 0 Å². The summed E-state index contributed by atoms with van der Waals surface area (Å²) in [6.07, 6.45) is 18.7. The molecular weight excluding hydrogens is 300 g/mol. The first-order valence-corrected chi connectivity index (χ1v) is 9.31. The fourth-order valence-electron chi connectivity index (χ4n) is 6.09. The molecule has 120 valence electrons. The molecule has 0 bridgehead atoms. The average Bonchev–Trinajstić information content (AvgIpc) is 3.16. The van der Waals surface area contributed by atoms with Crippen molar-refractivity contribution in [3.05, 3.63) is 119 Å². The Morgan fingerprint density at radius 3 is 1.48 bits per heavy atom. The van der Waals surface area contributed by atoms with Crippen LogP contribution in [0.4, 0.5) is 0 Å². The van der Waals surface area contributed by atoms with Crippen molar-refractivity contribution < 1.29 is 0 Å². The quantitative estimate of drug-likeness (QED) is 0.588. The van der Waals surface area contributed by atoms with Crippen LogP contribution in [0.3, 0.4) is 0 Å². The lowest BCUT2D eigenvalue weighted by molar-refractivity contribution is 0.312. The third kappa shape index (κ3) is 1.49. The molecule has 0 aromatic heterocycles. The molecular formula is C25H20. The zero-order chi connectivity index (χ0) is 16.4. The lowest BCUT2D eigenvalue weighted by Crippen LogP contribution is -2.38.